The Bertz CT molecular complexity index is 2070. The molecule has 16 heteroatoms. The summed E-state index contributed by atoms with van der Waals surface area (Å²) in [7, 11) is 0.806. The Kier molecular flexibility index (Phi) is 9.54. The van der Waals surface area contributed by atoms with Crippen LogP contribution in [0.2, 0.25) is 5.02 Å². The van der Waals surface area contributed by atoms with Gasteiger partial charge in [-0.25, -0.2) is 13.9 Å². The molecule has 4 aliphatic rings. The molecule has 3 aromatic rings. The number of ether oxygens (including phenoxy) is 2. The normalized spacial score (nSPS) is 22.4. The average molecular weight is 746 g/mol. The van der Waals surface area contributed by atoms with Gasteiger partial charge in [0.2, 0.25) is 0 Å². The summed E-state index contributed by atoms with van der Waals surface area (Å²) in [6, 6.07) is 3.63. The number of aryl methyl sites for hydroxylation is 1. The van der Waals surface area contributed by atoms with Gasteiger partial charge in [0.1, 0.15) is 17.1 Å². The summed E-state index contributed by atoms with van der Waals surface area (Å²) in [6.07, 6.45) is 3.19. The highest BCUT2D eigenvalue weighted by atomic mass is 35.5. The van der Waals surface area contributed by atoms with Crippen molar-refractivity contribution in [2.75, 3.05) is 59.0 Å². The molecule has 7 rings (SSSR count). The van der Waals surface area contributed by atoms with E-state index in [2.05, 4.69) is 21.6 Å². The molecule has 1 N–H and O–H groups in total. The second-order valence-electron chi connectivity index (χ2n) is 13.8. The summed E-state index contributed by atoms with van der Waals surface area (Å²) in [6.45, 7) is 4.77. The molecule has 0 saturated carbocycles. The van der Waals surface area contributed by atoms with Crippen molar-refractivity contribution in [3.8, 4) is 5.75 Å². The minimum Gasteiger partial charge on any atom is -0.496 e. The molecular formula is C35H41ClFN5O8S. The smallest absolute Gasteiger partial charge is 0.341 e. The van der Waals surface area contributed by atoms with E-state index in [9.17, 15) is 22.8 Å². The number of anilines is 1. The number of hydrogen-bond acceptors (Lipinski definition) is 10. The number of hydrogen-bond donors (Lipinski definition) is 1. The summed E-state index contributed by atoms with van der Waals surface area (Å²) < 4.78 is 61.8. The maximum absolute atomic E-state index is 15.6. The lowest BCUT2D eigenvalue weighted by molar-refractivity contribution is 0.0727. The molecule has 0 spiro atoms. The third kappa shape index (κ3) is 6.26. The number of fused-ring (bicyclic) bond motifs is 5. The molecule has 5 heterocycles. The van der Waals surface area contributed by atoms with E-state index in [1.54, 1.807) is 7.11 Å². The van der Waals surface area contributed by atoms with E-state index in [4.69, 9.17) is 25.5 Å². The van der Waals surface area contributed by atoms with Crippen LogP contribution in [0.1, 0.15) is 63.1 Å². The Morgan fingerprint density at radius 3 is 2.41 bits per heavy atom. The Labute approximate surface area is 300 Å². The van der Waals surface area contributed by atoms with Crippen molar-refractivity contribution >= 4 is 50.3 Å². The predicted octanol–water partition coefficient (Wildman–Crippen LogP) is 3.47. The summed E-state index contributed by atoms with van der Waals surface area (Å²) in [5.74, 6) is -3.01. The lowest BCUT2D eigenvalue weighted by atomic mass is 9.94. The van der Waals surface area contributed by atoms with E-state index >= 15 is 4.39 Å². The molecule has 2 amide bonds. The fraction of sp³-hybridized carbons (Fsp3) is 0.514. The van der Waals surface area contributed by atoms with Crippen LogP contribution in [0.5, 0.6) is 5.75 Å². The molecule has 3 fully saturated rings. The van der Waals surface area contributed by atoms with Crippen molar-refractivity contribution in [2.24, 2.45) is 0 Å². The topological polar surface area (TPSA) is 142 Å². The number of methoxy groups -OCH3 is 2. The summed E-state index contributed by atoms with van der Waals surface area (Å²) in [5, 5.41) is 1.04. The first-order valence-corrected chi connectivity index (χ1v) is 18.9. The molecule has 274 valence electrons. The molecule has 0 unspecified atom stereocenters. The van der Waals surface area contributed by atoms with Crippen LogP contribution in [0.15, 0.2) is 27.4 Å². The number of nitrogens with zero attached hydrogens (tertiary/aromatic N) is 4. The van der Waals surface area contributed by atoms with E-state index in [0.29, 0.717) is 34.7 Å². The van der Waals surface area contributed by atoms with Crippen molar-refractivity contribution in [1.82, 2.24) is 18.8 Å². The number of carbonyl (C=O) groups is 2. The number of rotatable bonds is 8. The molecular weight excluding hydrogens is 705 g/mol. The van der Waals surface area contributed by atoms with Crippen molar-refractivity contribution < 1.29 is 36.3 Å². The number of amides is 2. The van der Waals surface area contributed by atoms with Crippen LogP contribution in [-0.4, -0.2) is 107 Å². The Hall–Kier alpha value is -3.76. The number of piperazine rings is 1. The van der Waals surface area contributed by atoms with Crippen molar-refractivity contribution in [3.63, 3.8) is 0 Å². The standard InChI is InChI=1S/C35H41ClFN5O8S/c1-19-29(40-12-11-39(2)22(16-40)18-48-3)15-27(36)31-23-9-10-41(17-26(23)35(45)50-32(19)31)34(44)24-14-30(49-4)25(13-28(24)37)33(43)38-51(46,47)42-20-5-6-21(42)8-7-20/h13-15,20-22H,5-12,16-18H2,1-4H3,(H,38,43)/t20?,21?,22-/m1/s1. The molecule has 1 atom stereocenters. The highest BCUT2D eigenvalue weighted by Crippen LogP contribution is 2.40. The van der Waals surface area contributed by atoms with Crippen LogP contribution < -0.4 is 20.0 Å². The van der Waals surface area contributed by atoms with Crippen molar-refractivity contribution in [3.05, 3.63) is 67.3 Å². The highest BCUT2D eigenvalue weighted by Gasteiger charge is 2.47. The van der Waals surface area contributed by atoms with Gasteiger partial charge >= 0.3 is 15.8 Å². The van der Waals surface area contributed by atoms with Gasteiger partial charge in [-0.3, -0.25) is 14.5 Å². The Balaban J connectivity index is 1.13. The zero-order valence-corrected chi connectivity index (χ0v) is 30.5. The van der Waals surface area contributed by atoms with Gasteiger partial charge in [-0.15, -0.1) is 0 Å². The van der Waals surface area contributed by atoms with Crippen LogP contribution in [0, 0.1) is 12.7 Å². The summed E-state index contributed by atoms with van der Waals surface area (Å²) in [4.78, 5) is 46.1. The Morgan fingerprint density at radius 1 is 1.04 bits per heavy atom. The van der Waals surface area contributed by atoms with Gasteiger partial charge in [-0.1, -0.05) is 11.6 Å². The van der Waals surface area contributed by atoms with E-state index in [1.165, 1.54) is 16.3 Å². The molecule has 13 nitrogen and oxygen atoms in total. The van der Waals surface area contributed by atoms with Crippen LogP contribution in [-0.2, 0) is 27.9 Å². The van der Waals surface area contributed by atoms with Crippen LogP contribution in [0.3, 0.4) is 0 Å². The summed E-state index contributed by atoms with van der Waals surface area (Å²) in [5.41, 5.74) is 1.61. The molecule has 3 saturated heterocycles. The molecule has 0 radical (unpaired) electrons. The predicted molar refractivity (Wildman–Crippen MR) is 188 cm³/mol. The van der Waals surface area contributed by atoms with Crippen LogP contribution in [0.4, 0.5) is 10.1 Å². The third-order valence-corrected chi connectivity index (χ3v) is 12.8. The quantitative estimate of drug-likeness (QED) is 0.341. The second kappa shape index (κ2) is 13.7. The van der Waals surface area contributed by atoms with Gasteiger partial charge in [-0.2, -0.15) is 12.7 Å². The van der Waals surface area contributed by atoms with E-state index in [0.717, 1.165) is 62.2 Å². The maximum atomic E-state index is 15.6. The van der Waals surface area contributed by atoms with Gasteiger partial charge < -0.3 is 23.7 Å². The molecule has 2 bridgehead atoms. The largest absolute Gasteiger partial charge is 0.496 e. The minimum absolute atomic E-state index is 0.152. The SMILES string of the molecule is COC[C@H]1CN(c2cc(Cl)c3c4c(c(=O)oc3c2C)CN(C(=O)c2cc(OC)c(C(=O)NS(=O)(=O)N3C5CCC3CC5)cc2F)CC4)CCN1C. The Morgan fingerprint density at radius 2 is 1.75 bits per heavy atom. The lowest BCUT2D eigenvalue weighted by Crippen LogP contribution is -2.53. The zero-order valence-electron chi connectivity index (χ0n) is 29.0. The minimum atomic E-state index is -4.17. The maximum Gasteiger partial charge on any atom is 0.341 e. The number of carbonyl (C=O) groups excluding carboxylic acids is 2. The molecule has 51 heavy (non-hydrogen) atoms. The lowest BCUT2D eigenvalue weighted by Gasteiger charge is -2.41. The number of halogens is 2. The van der Waals surface area contributed by atoms with Crippen LogP contribution in [0.25, 0.3) is 11.0 Å². The van der Waals surface area contributed by atoms with Gasteiger partial charge in [0.05, 0.1) is 48.0 Å². The first-order valence-electron chi connectivity index (χ1n) is 17.1. The fourth-order valence-electron chi connectivity index (χ4n) is 8.26. The van der Waals surface area contributed by atoms with Gasteiger partial charge in [0.25, 0.3) is 11.8 Å². The zero-order chi connectivity index (χ0) is 36.4. The second-order valence-corrected chi connectivity index (χ2v) is 15.8. The van der Waals surface area contributed by atoms with Crippen molar-refractivity contribution in [2.45, 2.75) is 63.7 Å². The third-order valence-electron chi connectivity index (χ3n) is 11.0. The van der Waals surface area contributed by atoms with Crippen LogP contribution >= 0.6 is 11.6 Å². The fourth-order valence-corrected chi connectivity index (χ4v) is 10.2. The molecule has 0 aliphatic carbocycles. The first-order chi connectivity index (χ1) is 24.3. The molecule has 1 aromatic heterocycles. The van der Waals surface area contributed by atoms with E-state index in [-0.39, 0.29) is 54.5 Å². The number of benzene rings is 2. The highest BCUT2D eigenvalue weighted by molar-refractivity contribution is 7.87. The molecule has 2 aromatic carbocycles. The summed E-state index contributed by atoms with van der Waals surface area (Å²) >= 11 is 6.91. The van der Waals surface area contributed by atoms with E-state index in [1.807, 2.05) is 13.0 Å². The molecule has 4 aliphatic heterocycles. The number of likely N-dealkylation sites (N-methyl/N-ethyl adjacent to an activating group) is 1. The van der Waals surface area contributed by atoms with Crippen molar-refractivity contribution in [1.29, 1.82) is 0 Å². The number of nitrogens with one attached hydrogen (secondary N) is 1. The first kappa shape index (κ1) is 35.6. The van der Waals surface area contributed by atoms with Gasteiger partial charge in [0, 0.05) is 62.0 Å². The average Bonchev–Trinajstić information content (AvgIpc) is 3.73. The van der Waals surface area contributed by atoms with E-state index < -0.39 is 39.0 Å². The van der Waals surface area contributed by atoms with Gasteiger partial charge in [-0.05, 0) is 69.8 Å². The van der Waals surface area contributed by atoms with Gasteiger partial charge in [0.15, 0.2) is 0 Å². The monoisotopic (exact) mass is 745 g/mol.